The SMILES string of the molecule is [2H]C([2H])(N)c1ccc(C(=O)OC(C)(C)C)cc1.[2H]C([2H])(NC(=O)OC(C)(C)C)c1ccc(C(=O)OC(C)(C)C)cc1. The van der Waals surface area contributed by atoms with Crippen LogP contribution < -0.4 is 11.1 Å². The molecule has 2 rings (SSSR count). The lowest BCUT2D eigenvalue weighted by molar-refractivity contribution is 0.00570. The highest BCUT2D eigenvalue weighted by atomic mass is 16.6. The van der Waals surface area contributed by atoms with E-state index in [4.69, 9.17) is 25.4 Å². The number of ether oxygens (including phenoxy) is 3. The highest BCUT2D eigenvalue weighted by Crippen LogP contribution is 2.14. The molecule has 2 aromatic rings. The quantitative estimate of drug-likeness (QED) is 0.381. The molecule has 8 heteroatoms. The van der Waals surface area contributed by atoms with Crippen LogP contribution in [0.3, 0.4) is 0 Å². The molecule has 0 radical (unpaired) electrons. The highest BCUT2D eigenvalue weighted by Gasteiger charge is 2.19. The first kappa shape index (κ1) is 25.3. The average Bonchev–Trinajstić information content (AvgIpc) is 2.75. The molecule has 0 bridgehead atoms. The first-order valence-electron chi connectivity index (χ1n) is 13.8. The lowest BCUT2D eigenvalue weighted by Gasteiger charge is -2.20. The zero-order chi connectivity index (χ0) is 32.0. The summed E-state index contributed by atoms with van der Waals surface area (Å²) in [6.45, 7) is 11.7. The molecule has 0 aliphatic heterocycles. The van der Waals surface area contributed by atoms with Gasteiger partial charge < -0.3 is 25.3 Å². The number of hydrogen-bond donors (Lipinski definition) is 2. The molecule has 0 aromatic heterocycles. The predicted octanol–water partition coefficient (Wildman–Crippen LogP) is 5.77. The van der Waals surface area contributed by atoms with E-state index in [1.807, 2.05) is 0 Å². The Labute approximate surface area is 226 Å². The summed E-state index contributed by atoms with van der Waals surface area (Å²) in [4.78, 5) is 35.4. The van der Waals surface area contributed by atoms with E-state index in [1.54, 1.807) is 62.3 Å². The van der Waals surface area contributed by atoms with E-state index in [1.165, 1.54) is 48.5 Å². The lowest BCUT2D eigenvalue weighted by Crippen LogP contribution is -2.32. The van der Waals surface area contributed by atoms with Crippen molar-refractivity contribution in [2.45, 2.75) is 92.1 Å². The summed E-state index contributed by atoms with van der Waals surface area (Å²) in [7, 11) is 0. The molecule has 0 aliphatic carbocycles. The van der Waals surface area contributed by atoms with Crippen LogP contribution in [-0.2, 0) is 27.2 Å². The van der Waals surface area contributed by atoms with E-state index in [-0.39, 0.29) is 5.56 Å². The van der Waals surface area contributed by atoms with E-state index in [0.717, 1.165) is 0 Å². The van der Waals surface area contributed by atoms with Crippen LogP contribution in [0.25, 0.3) is 0 Å². The molecule has 0 unspecified atom stereocenters. The summed E-state index contributed by atoms with van der Waals surface area (Å²) in [5.74, 6) is -0.920. The smallest absolute Gasteiger partial charge is 0.407 e. The third-order valence-electron chi connectivity index (χ3n) is 3.91. The third kappa shape index (κ3) is 14.1. The molecule has 0 aliphatic rings. The van der Waals surface area contributed by atoms with Crippen LogP contribution in [0.5, 0.6) is 0 Å². The highest BCUT2D eigenvalue weighted by molar-refractivity contribution is 5.90. The molecule has 1 amide bonds. The summed E-state index contributed by atoms with van der Waals surface area (Å²) in [6.07, 6.45) is -0.858. The van der Waals surface area contributed by atoms with Crippen molar-refractivity contribution in [3.63, 3.8) is 0 Å². The normalized spacial score (nSPS) is 13.9. The number of rotatable bonds is 5. The van der Waals surface area contributed by atoms with Gasteiger partial charge in [0.25, 0.3) is 0 Å². The van der Waals surface area contributed by atoms with Gasteiger partial charge in [-0.3, -0.25) is 0 Å². The molecule has 0 spiro atoms. The molecule has 0 heterocycles. The minimum Gasteiger partial charge on any atom is -0.456 e. The molecule has 2 aromatic carbocycles. The van der Waals surface area contributed by atoms with Gasteiger partial charge in [0.2, 0.25) is 0 Å². The van der Waals surface area contributed by atoms with Gasteiger partial charge in [0.15, 0.2) is 0 Å². The molecule has 204 valence electrons. The molecular weight excluding hydrogens is 472 g/mol. The van der Waals surface area contributed by atoms with E-state index in [0.29, 0.717) is 16.7 Å². The number of nitrogens with one attached hydrogen (secondary N) is 1. The summed E-state index contributed by atoms with van der Waals surface area (Å²) in [5, 5.41) is 2.17. The van der Waals surface area contributed by atoms with Crippen LogP contribution in [0.2, 0.25) is 0 Å². The van der Waals surface area contributed by atoms with E-state index in [9.17, 15) is 14.4 Å². The van der Waals surface area contributed by atoms with Crippen LogP contribution >= 0.6 is 0 Å². The maximum Gasteiger partial charge on any atom is 0.407 e. The van der Waals surface area contributed by atoms with Crippen molar-refractivity contribution in [3.05, 3.63) is 70.8 Å². The summed E-state index contributed by atoms with van der Waals surface area (Å²) >= 11 is 0. The fourth-order valence-electron chi connectivity index (χ4n) is 2.49. The van der Waals surface area contributed by atoms with Gasteiger partial charge >= 0.3 is 18.0 Å². The lowest BCUT2D eigenvalue weighted by atomic mass is 10.1. The second-order valence-electron chi connectivity index (χ2n) is 11.1. The Hall–Kier alpha value is -3.39. The van der Waals surface area contributed by atoms with Crippen LogP contribution in [0.4, 0.5) is 4.79 Å². The van der Waals surface area contributed by atoms with Gasteiger partial charge in [0, 0.05) is 15.7 Å². The third-order valence-corrected chi connectivity index (χ3v) is 3.91. The molecule has 8 nitrogen and oxygen atoms in total. The second-order valence-corrected chi connectivity index (χ2v) is 11.1. The average molecular weight is 519 g/mol. The number of carbonyl (C=O) groups excluding carboxylic acids is 3. The number of carbonyl (C=O) groups is 3. The van der Waals surface area contributed by atoms with Crippen molar-refractivity contribution in [2.75, 3.05) is 0 Å². The number of esters is 2. The van der Waals surface area contributed by atoms with Gasteiger partial charge in [-0.25, -0.2) is 14.4 Å². The minimum atomic E-state index is -2.13. The van der Waals surface area contributed by atoms with Crippen molar-refractivity contribution in [2.24, 2.45) is 5.73 Å². The Balaban J connectivity index is 0.000000435. The first-order chi connectivity index (χ1) is 18.3. The Morgan fingerprint density at radius 3 is 1.35 bits per heavy atom. The minimum absolute atomic E-state index is 0.195. The topological polar surface area (TPSA) is 117 Å². The Bertz CT molecular complexity index is 1190. The largest absolute Gasteiger partial charge is 0.456 e. The van der Waals surface area contributed by atoms with Crippen molar-refractivity contribution in [3.8, 4) is 0 Å². The Morgan fingerprint density at radius 2 is 1.03 bits per heavy atom. The number of alkyl carbamates (subject to hydrolysis) is 1. The molecule has 3 N–H and O–H groups in total. The number of hydrogen-bond acceptors (Lipinski definition) is 7. The Morgan fingerprint density at radius 1 is 0.676 bits per heavy atom. The predicted molar refractivity (Wildman–Crippen MR) is 144 cm³/mol. The van der Waals surface area contributed by atoms with Gasteiger partial charge in [0.05, 0.1) is 13.9 Å². The van der Waals surface area contributed by atoms with Gasteiger partial charge in [-0.15, -0.1) is 0 Å². The maximum atomic E-state index is 12.0. The maximum absolute atomic E-state index is 12.0. The van der Waals surface area contributed by atoms with Crippen molar-refractivity contribution < 1.29 is 34.1 Å². The first-order valence-corrected chi connectivity index (χ1v) is 11.8. The van der Waals surface area contributed by atoms with Crippen molar-refractivity contribution in [1.82, 2.24) is 5.32 Å². The zero-order valence-electron chi connectivity index (χ0n) is 27.1. The Kier molecular flexibility index (Phi) is 9.04. The number of amides is 1. The molecule has 0 saturated carbocycles. The molecule has 37 heavy (non-hydrogen) atoms. The van der Waals surface area contributed by atoms with Crippen molar-refractivity contribution >= 4 is 18.0 Å². The summed E-state index contributed by atoms with van der Waals surface area (Å²) in [6, 6.07) is 11.8. The van der Waals surface area contributed by atoms with Gasteiger partial charge in [-0.1, -0.05) is 24.3 Å². The van der Waals surface area contributed by atoms with E-state index in [2.05, 4.69) is 5.32 Å². The molecular formula is C29H42N2O6. The second kappa shape index (κ2) is 13.2. The number of benzene rings is 2. The molecule has 0 fully saturated rings. The monoisotopic (exact) mass is 518 g/mol. The van der Waals surface area contributed by atoms with Crippen LogP contribution in [0, 0.1) is 0 Å². The van der Waals surface area contributed by atoms with Crippen LogP contribution in [0.1, 0.15) is 99.6 Å². The summed E-state index contributed by atoms with van der Waals surface area (Å²) < 4.78 is 46.1. The van der Waals surface area contributed by atoms with Crippen LogP contribution in [-0.4, -0.2) is 34.8 Å². The number of nitrogens with two attached hydrogens (primary N) is 1. The van der Waals surface area contributed by atoms with Gasteiger partial charge in [-0.05, 0) is 97.7 Å². The van der Waals surface area contributed by atoms with Crippen LogP contribution in [0.15, 0.2) is 48.5 Å². The molecule has 0 saturated heterocycles. The summed E-state index contributed by atoms with van der Waals surface area (Å²) in [5.41, 5.74) is 4.64. The fourth-order valence-corrected chi connectivity index (χ4v) is 2.49. The fraction of sp³-hybridized carbons (Fsp3) is 0.483. The van der Waals surface area contributed by atoms with Crippen molar-refractivity contribution in [1.29, 1.82) is 0 Å². The van der Waals surface area contributed by atoms with Gasteiger partial charge in [-0.2, -0.15) is 0 Å². The zero-order valence-corrected chi connectivity index (χ0v) is 23.1. The molecule has 0 atom stereocenters. The van der Waals surface area contributed by atoms with E-state index < -0.39 is 47.8 Å². The van der Waals surface area contributed by atoms with E-state index >= 15 is 0 Å². The van der Waals surface area contributed by atoms with Gasteiger partial charge in [0.1, 0.15) is 16.8 Å². The standard InChI is InChI=1S/C17H25NO4.C12H17NO2/c1-16(2,3)21-14(19)13-9-7-12(8-10-13)11-18-15(20)22-17(4,5)6;1-12(2,3)15-11(14)10-6-4-9(8-13)5-7-10/h7-10H,11H2,1-6H3,(H,18,20);4-7H,8,13H2,1-3H3/i11D2;8D2.